The van der Waals surface area contributed by atoms with E-state index in [0.29, 0.717) is 16.8 Å². The van der Waals surface area contributed by atoms with Crippen LogP contribution in [0, 0.1) is 0 Å². The molecule has 3 heterocycles. The van der Waals surface area contributed by atoms with E-state index >= 15 is 0 Å². The van der Waals surface area contributed by atoms with E-state index in [1.165, 1.54) is 4.90 Å². The summed E-state index contributed by atoms with van der Waals surface area (Å²) in [4.78, 5) is 38.0. The number of carbonyl (C=O) groups is 2. The van der Waals surface area contributed by atoms with Gasteiger partial charge < -0.3 is 9.97 Å². The summed E-state index contributed by atoms with van der Waals surface area (Å²) >= 11 is 0. The normalized spacial score (nSPS) is 13.5. The summed E-state index contributed by atoms with van der Waals surface area (Å²) in [6, 6.07) is 45.0. The summed E-state index contributed by atoms with van der Waals surface area (Å²) in [6.45, 7) is 0. The van der Waals surface area contributed by atoms with Gasteiger partial charge in [-0.1, -0.05) is 115 Å². The number of anilines is 1. The van der Waals surface area contributed by atoms with Gasteiger partial charge in [0.2, 0.25) is 0 Å². The summed E-state index contributed by atoms with van der Waals surface area (Å²) in [5.41, 5.74) is 7.98. The van der Waals surface area contributed by atoms with Crippen LogP contribution in [0.5, 0.6) is 0 Å². The third-order valence-electron chi connectivity index (χ3n) is 8.14. The summed E-state index contributed by atoms with van der Waals surface area (Å²) < 4.78 is 0. The SMILES string of the molecule is O=C1C(c2c(-c3ccccc3)[nH]c3ccccc23)=C(c2c(-c3ccccc3)[nH]c3ccccc23)C(=O)N1c1ccccc1. The first-order chi connectivity index (χ1) is 21.2. The third kappa shape index (κ3) is 3.86. The fraction of sp³-hybridized carbons (Fsp3) is 0. The zero-order valence-electron chi connectivity index (χ0n) is 23.0. The van der Waals surface area contributed by atoms with E-state index in [4.69, 9.17) is 0 Å². The largest absolute Gasteiger partial charge is 0.354 e. The number of rotatable bonds is 5. The number of carbonyl (C=O) groups excluding carboxylic acids is 2. The molecule has 0 spiro atoms. The van der Waals surface area contributed by atoms with Crippen molar-refractivity contribution in [3.05, 3.63) is 151 Å². The highest BCUT2D eigenvalue weighted by molar-refractivity contribution is 6.59. The van der Waals surface area contributed by atoms with Crippen LogP contribution in [0.1, 0.15) is 11.1 Å². The van der Waals surface area contributed by atoms with Gasteiger partial charge in [0, 0.05) is 32.9 Å². The molecular formula is C38H25N3O2. The topological polar surface area (TPSA) is 69.0 Å². The Bertz CT molecular complexity index is 2070. The maximum atomic E-state index is 14.8. The molecule has 0 radical (unpaired) electrons. The number of fused-ring (bicyclic) bond motifs is 2. The standard InChI is InChI=1S/C38H25N3O2/c42-37-33(31-27-20-10-12-22-29(27)39-35(31)24-14-4-1-5-15-24)34(38(43)41(37)26-18-8-3-9-19-26)32-28-21-11-13-23-30(28)40-36(32)25-16-6-2-7-17-25/h1-23,39-40H. The number of imide groups is 1. The molecule has 0 aliphatic carbocycles. The molecule has 7 aromatic rings. The third-order valence-corrected chi connectivity index (χ3v) is 8.14. The molecule has 1 aliphatic heterocycles. The molecule has 0 unspecified atom stereocenters. The number of aromatic nitrogens is 2. The Labute approximate surface area is 247 Å². The van der Waals surface area contributed by atoms with Crippen molar-refractivity contribution in [2.24, 2.45) is 0 Å². The molecule has 2 amide bonds. The van der Waals surface area contributed by atoms with Crippen LogP contribution in [0.3, 0.4) is 0 Å². The first-order valence-electron chi connectivity index (χ1n) is 14.2. The molecule has 1 aliphatic rings. The van der Waals surface area contributed by atoms with Crippen molar-refractivity contribution >= 4 is 50.5 Å². The van der Waals surface area contributed by atoms with E-state index in [-0.39, 0.29) is 11.8 Å². The van der Waals surface area contributed by atoms with Gasteiger partial charge in [-0.2, -0.15) is 0 Å². The van der Waals surface area contributed by atoms with Crippen molar-refractivity contribution in [2.75, 3.05) is 4.90 Å². The lowest BCUT2D eigenvalue weighted by atomic mass is 9.90. The first-order valence-corrected chi connectivity index (χ1v) is 14.2. The number of nitrogens with one attached hydrogen (secondary N) is 2. The Morgan fingerprint density at radius 3 is 1.23 bits per heavy atom. The van der Waals surface area contributed by atoms with Gasteiger partial charge >= 0.3 is 0 Å². The van der Waals surface area contributed by atoms with Gasteiger partial charge in [0.25, 0.3) is 11.8 Å². The zero-order valence-corrected chi connectivity index (χ0v) is 23.0. The number of H-pyrrole nitrogens is 2. The van der Waals surface area contributed by atoms with Crippen LogP contribution in [0.15, 0.2) is 140 Å². The minimum atomic E-state index is -0.350. The number of hydrogen-bond donors (Lipinski definition) is 2. The highest BCUT2D eigenvalue weighted by atomic mass is 16.2. The van der Waals surface area contributed by atoms with Gasteiger partial charge in [0.15, 0.2) is 0 Å². The number of benzene rings is 5. The molecule has 5 nitrogen and oxygen atoms in total. The predicted molar refractivity (Wildman–Crippen MR) is 173 cm³/mol. The molecule has 0 fully saturated rings. The predicted octanol–water partition coefficient (Wildman–Crippen LogP) is 8.47. The average Bonchev–Trinajstić information content (AvgIpc) is 3.71. The van der Waals surface area contributed by atoms with E-state index in [2.05, 4.69) is 9.97 Å². The molecule has 0 bridgehead atoms. The number of aromatic amines is 2. The first kappa shape index (κ1) is 24.8. The molecule has 0 atom stereocenters. The Morgan fingerprint density at radius 2 is 0.791 bits per heavy atom. The van der Waals surface area contributed by atoms with Crippen LogP contribution in [0.2, 0.25) is 0 Å². The number of para-hydroxylation sites is 3. The molecule has 0 saturated heterocycles. The van der Waals surface area contributed by atoms with Crippen LogP contribution in [-0.2, 0) is 9.59 Å². The second-order valence-electron chi connectivity index (χ2n) is 10.6. The minimum Gasteiger partial charge on any atom is -0.354 e. The average molecular weight is 556 g/mol. The summed E-state index contributed by atoms with van der Waals surface area (Å²) in [5, 5.41) is 1.76. The molecular weight excluding hydrogens is 530 g/mol. The maximum absolute atomic E-state index is 14.8. The monoisotopic (exact) mass is 555 g/mol. The summed E-state index contributed by atoms with van der Waals surface area (Å²) in [7, 11) is 0. The Morgan fingerprint density at radius 1 is 0.419 bits per heavy atom. The second kappa shape index (κ2) is 9.86. The summed E-state index contributed by atoms with van der Waals surface area (Å²) in [6.07, 6.45) is 0. The molecule has 2 N–H and O–H groups in total. The van der Waals surface area contributed by atoms with Gasteiger partial charge in [-0.25, -0.2) is 4.90 Å². The van der Waals surface area contributed by atoms with Crippen molar-refractivity contribution in [3.63, 3.8) is 0 Å². The van der Waals surface area contributed by atoms with Crippen LogP contribution >= 0.6 is 0 Å². The van der Waals surface area contributed by atoms with Gasteiger partial charge in [0.1, 0.15) is 0 Å². The van der Waals surface area contributed by atoms with E-state index in [1.54, 1.807) is 12.1 Å². The highest BCUT2D eigenvalue weighted by Gasteiger charge is 2.44. The lowest BCUT2D eigenvalue weighted by Crippen LogP contribution is -2.31. The van der Waals surface area contributed by atoms with Crippen molar-refractivity contribution < 1.29 is 9.59 Å². The molecule has 0 saturated carbocycles. The van der Waals surface area contributed by atoms with Crippen LogP contribution < -0.4 is 4.90 Å². The quantitative estimate of drug-likeness (QED) is 0.209. The Hall–Kier alpha value is -5.94. The van der Waals surface area contributed by atoms with Crippen LogP contribution in [0.4, 0.5) is 5.69 Å². The zero-order chi connectivity index (χ0) is 28.9. The molecule has 43 heavy (non-hydrogen) atoms. The minimum absolute atomic E-state index is 0.350. The lowest BCUT2D eigenvalue weighted by molar-refractivity contribution is -0.119. The molecule has 5 heteroatoms. The highest BCUT2D eigenvalue weighted by Crippen LogP contribution is 2.47. The van der Waals surface area contributed by atoms with Crippen molar-refractivity contribution in [2.45, 2.75) is 0 Å². The number of nitrogens with zero attached hydrogens (tertiary/aromatic N) is 1. The van der Waals surface area contributed by atoms with Gasteiger partial charge in [-0.3, -0.25) is 9.59 Å². The van der Waals surface area contributed by atoms with E-state index < -0.39 is 0 Å². The van der Waals surface area contributed by atoms with Gasteiger partial charge in [0.05, 0.1) is 28.2 Å². The van der Waals surface area contributed by atoms with E-state index in [9.17, 15) is 9.59 Å². The molecule has 204 valence electrons. The van der Waals surface area contributed by atoms with Crippen molar-refractivity contribution in [1.29, 1.82) is 0 Å². The molecule has 8 rings (SSSR count). The number of amides is 2. The lowest BCUT2D eigenvalue weighted by Gasteiger charge is -2.15. The Balaban J connectivity index is 1.52. The molecule has 5 aromatic carbocycles. The van der Waals surface area contributed by atoms with E-state index in [0.717, 1.165) is 55.4 Å². The summed E-state index contributed by atoms with van der Waals surface area (Å²) in [5.74, 6) is -0.699. The van der Waals surface area contributed by atoms with E-state index in [1.807, 2.05) is 127 Å². The second-order valence-corrected chi connectivity index (χ2v) is 10.6. The van der Waals surface area contributed by atoms with Crippen molar-refractivity contribution in [1.82, 2.24) is 9.97 Å². The number of hydrogen-bond acceptors (Lipinski definition) is 2. The van der Waals surface area contributed by atoms with Crippen LogP contribution in [0.25, 0.3) is 55.5 Å². The molecule has 2 aromatic heterocycles. The van der Waals surface area contributed by atoms with Crippen LogP contribution in [-0.4, -0.2) is 21.8 Å². The smallest absolute Gasteiger partial charge is 0.266 e. The Kier molecular flexibility index (Phi) is 5.69. The van der Waals surface area contributed by atoms with Gasteiger partial charge in [-0.15, -0.1) is 0 Å². The van der Waals surface area contributed by atoms with Gasteiger partial charge in [-0.05, 0) is 35.4 Å². The maximum Gasteiger partial charge on any atom is 0.266 e. The fourth-order valence-corrected chi connectivity index (χ4v) is 6.25. The fourth-order valence-electron chi connectivity index (χ4n) is 6.25. The van der Waals surface area contributed by atoms with Crippen molar-refractivity contribution in [3.8, 4) is 22.5 Å².